The lowest BCUT2D eigenvalue weighted by atomic mass is 9.89. The summed E-state index contributed by atoms with van der Waals surface area (Å²) in [5.74, 6) is 0.430. The molecule has 1 aliphatic heterocycles. The predicted molar refractivity (Wildman–Crippen MR) is 79.5 cm³/mol. The second kappa shape index (κ2) is 6.81. The Kier molecular flexibility index (Phi) is 5.09. The van der Waals surface area contributed by atoms with Crippen molar-refractivity contribution >= 4 is 5.69 Å². The molecule has 2 unspecified atom stereocenters. The van der Waals surface area contributed by atoms with E-state index in [0.717, 1.165) is 25.1 Å². The van der Waals surface area contributed by atoms with Gasteiger partial charge >= 0.3 is 0 Å². The summed E-state index contributed by atoms with van der Waals surface area (Å²) in [6, 6.07) is 7.26. The average Bonchev–Trinajstić information content (AvgIpc) is 2.68. The van der Waals surface area contributed by atoms with Crippen LogP contribution in [-0.2, 0) is 0 Å². The van der Waals surface area contributed by atoms with Gasteiger partial charge in [0.1, 0.15) is 0 Å². The number of hydrogen-bond acceptors (Lipinski definition) is 4. The quantitative estimate of drug-likeness (QED) is 0.678. The van der Waals surface area contributed by atoms with E-state index in [9.17, 15) is 10.1 Å². The van der Waals surface area contributed by atoms with Crippen LogP contribution in [0, 0.1) is 16.0 Å². The monoisotopic (exact) mass is 277 g/mol. The first-order valence-electron chi connectivity index (χ1n) is 7.35. The minimum Gasteiger partial charge on any atom is -0.330 e. The van der Waals surface area contributed by atoms with Gasteiger partial charge in [-0.2, -0.15) is 0 Å². The first kappa shape index (κ1) is 14.9. The molecule has 1 heterocycles. The molecule has 2 rings (SSSR count). The smallest absolute Gasteiger partial charge is 0.269 e. The summed E-state index contributed by atoms with van der Waals surface area (Å²) in [6.07, 6.45) is 3.55. The first-order chi connectivity index (χ1) is 9.67. The lowest BCUT2D eigenvalue weighted by Gasteiger charge is -2.34. The van der Waals surface area contributed by atoms with E-state index < -0.39 is 0 Å². The van der Waals surface area contributed by atoms with Gasteiger partial charge in [-0.25, -0.2) is 0 Å². The molecule has 1 aromatic carbocycles. The van der Waals surface area contributed by atoms with Crippen LogP contribution in [0.3, 0.4) is 0 Å². The molecule has 2 N–H and O–H groups in total. The molecule has 5 nitrogen and oxygen atoms in total. The average molecular weight is 277 g/mol. The number of rotatable bonds is 4. The number of likely N-dealkylation sites (tertiary alicyclic amines) is 1. The van der Waals surface area contributed by atoms with Crippen LogP contribution in [-0.4, -0.2) is 29.5 Å². The molecular formula is C15H23N3O2. The van der Waals surface area contributed by atoms with Gasteiger partial charge in [-0.3, -0.25) is 15.0 Å². The highest BCUT2D eigenvalue weighted by atomic mass is 16.6. The van der Waals surface area contributed by atoms with Crippen LogP contribution in [0.25, 0.3) is 0 Å². The first-order valence-corrected chi connectivity index (χ1v) is 7.35. The molecule has 20 heavy (non-hydrogen) atoms. The Bertz CT molecular complexity index is 433. The summed E-state index contributed by atoms with van der Waals surface area (Å²) < 4.78 is 0. The van der Waals surface area contributed by atoms with Crippen LogP contribution in [0.5, 0.6) is 0 Å². The molecule has 2 atom stereocenters. The zero-order chi connectivity index (χ0) is 14.5. The fourth-order valence-electron chi connectivity index (χ4n) is 3.19. The maximum absolute atomic E-state index is 10.8. The van der Waals surface area contributed by atoms with Crippen LogP contribution in [0.15, 0.2) is 24.3 Å². The number of nitrogens with zero attached hydrogens (tertiary/aromatic N) is 2. The summed E-state index contributed by atoms with van der Waals surface area (Å²) in [5, 5.41) is 10.8. The van der Waals surface area contributed by atoms with Crippen molar-refractivity contribution in [3.8, 4) is 0 Å². The van der Waals surface area contributed by atoms with E-state index >= 15 is 0 Å². The lowest BCUT2D eigenvalue weighted by molar-refractivity contribution is -0.384. The fourth-order valence-corrected chi connectivity index (χ4v) is 3.19. The Morgan fingerprint density at radius 3 is 2.60 bits per heavy atom. The fraction of sp³-hybridized carbons (Fsp3) is 0.600. The van der Waals surface area contributed by atoms with Crippen molar-refractivity contribution in [2.45, 2.75) is 32.2 Å². The Hall–Kier alpha value is -1.46. The third-order valence-electron chi connectivity index (χ3n) is 4.26. The molecule has 0 bridgehead atoms. The van der Waals surface area contributed by atoms with Gasteiger partial charge in [-0.1, -0.05) is 25.5 Å². The molecule has 0 spiro atoms. The SMILES string of the molecule is CCN1CCCCC(CN)C1c1ccc([N+](=O)[O-])cc1. The van der Waals surface area contributed by atoms with Crippen molar-refractivity contribution in [3.05, 3.63) is 39.9 Å². The van der Waals surface area contributed by atoms with Gasteiger partial charge in [-0.15, -0.1) is 0 Å². The van der Waals surface area contributed by atoms with E-state index in [2.05, 4.69) is 11.8 Å². The van der Waals surface area contributed by atoms with E-state index in [1.165, 1.54) is 12.8 Å². The molecule has 0 aromatic heterocycles. The van der Waals surface area contributed by atoms with Crippen LogP contribution in [0.1, 0.15) is 37.8 Å². The second-order valence-electron chi connectivity index (χ2n) is 5.41. The Balaban J connectivity index is 2.30. The van der Waals surface area contributed by atoms with Gasteiger partial charge in [0.25, 0.3) is 5.69 Å². The largest absolute Gasteiger partial charge is 0.330 e. The van der Waals surface area contributed by atoms with Gasteiger partial charge in [0.2, 0.25) is 0 Å². The number of non-ortho nitro benzene ring substituents is 1. The molecule has 1 saturated heterocycles. The van der Waals surface area contributed by atoms with Crippen molar-refractivity contribution in [1.82, 2.24) is 4.90 Å². The van der Waals surface area contributed by atoms with Gasteiger partial charge < -0.3 is 5.73 Å². The molecule has 1 fully saturated rings. The highest BCUT2D eigenvalue weighted by Gasteiger charge is 2.29. The van der Waals surface area contributed by atoms with Crippen molar-refractivity contribution in [2.24, 2.45) is 11.7 Å². The number of benzene rings is 1. The van der Waals surface area contributed by atoms with E-state index in [4.69, 9.17) is 5.73 Å². The van der Waals surface area contributed by atoms with E-state index in [0.29, 0.717) is 12.5 Å². The summed E-state index contributed by atoms with van der Waals surface area (Å²) in [7, 11) is 0. The zero-order valence-corrected chi connectivity index (χ0v) is 12.0. The van der Waals surface area contributed by atoms with Crippen molar-refractivity contribution in [1.29, 1.82) is 0 Å². The maximum Gasteiger partial charge on any atom is 0.269 e. The van der Waals surface area contributed by atoms with Crippen molar-refractivity contribution < 1.29 is 4.92 Å². The molecule has 1 aromatic rings. The minimum absolute atomic E-state index is 0.148. The topological polar surface area (TPSA) is 72.4 Å². The van der Waals surface area contributed by atoms with E-state index in [-0.39, 0.29) is 16.7 Å². The number of nitro groups is 1. The minimum atomic E-state index is -0.352. The molecule has 0 amide bonds. The summed E-state index contributed by atoms with van der Waals surface area (Å²) in [5.41, 5.74) is 7.26. The molecule has 110 valence electrons. The Morgan fingerprint density at radius 2 is 2.05 bits per heavy atom. The lowest BCUT2D eigenvalue weighted by Crippen LogP contribution is -2.35. The molecule has 0 radical (unpaired) electrons. The maximum atomic E-state index is 10.8. The number of hydrogen-bond donors (Lipinski definition) is 1. The third kappa shape index (κ3) is 3.16. The summed E-state index contributed by atoms with van der Waals surface area (Å²) in [6.45, 7) is 4.89. The summed E-state index contributed by atoms with van der Waals surface area (Å²) in [4.78, 5) is 12.9. The van der Waals surface area contributed by atoms with Gasteiger partial charge in [0, 0.05) is 18.2 Å². The molecule has 5 heteroatoms. The zero-order valence-electron chi connectivity index (χ0n) is 12.0. The van der Waals surface area contributed by atoms with Crippen LogP contribution in [0.4, 0.5) is 5.69 Å². The number of nitrogens with two attached hydrogens (primary N) is 1. The third-order valence-corrected chi connectivity index (χ3v) is 4.26. The van der Waals surface area contributed by atoms with E-state index in [1.807, 2.05) is 12.1 Å². The van der Waals surface area contributed by atoms with Crippen LogP contribution >= 0.6 is 0 Å². The van der Waals surface area contributed by atoms with Crippen LogP contribution < -0.4 is 5.73 Å². The van der Waals surface area contributed by atoms with E-state index in [1.54, 1.807) is 12.1 Å². The summed E-state index contributed by atoms with van der Waals surface area (Å²) >= 11 is 0. The van der Waals surface area contributed by atoms with Gasteiger partial charge in [0.15, 0.2) is 0 Å². The predicted octanol–water partition coefficient (Wildman–Crippen LogP) is 2.72. The molecule has 0 aliphatic carbocycles. The molecular weight excluding hydrogens is 254 g/mol. The second-order valence-corrected chi connectivity index (χ2v) is 5.41. The highest BCUT2D eigenvalue weighted by molar-refractivity contribution is 5.34. The molecule has 0 saturated carbocycles. The molecule has 1 aliphatic rings. The normalized spacial score (nSPS) is 24.3. The van der Waals surface area contributed by atoms with Gasteiger partial charge in [0.05, 0.1) is 4.92 Å². The highest BCUT2D eigenvalue weighted by Crippen LogP contribution is 2.35. The van der Waals surface area contributed by atoms with Crippen molar-refractivity contribution in [2.75, 3.05) is 19.6 Å². The Labute approximate surface area is 119 Å². The van der Waals surface area contributed by atoms with Crippen LogP contribution in [0.2, 0.25) is 0 Å². The van der Waals surface area contributed by atoms with Gasteiger partial charge in [-0.05, 0) is 44.0 Å². The van der Waals surface area contributed by atoms with Crippen molar-refractivity contribution in [3.63, 3.8) is 0 Å². The Morgan fingerprint density at radius 1 is 1.35 bits per heavy atom. The standard InChI is InChI=1S/C15H23N3O2/c1-2-17-10-4-3-5-13(11-16)15(17)12-6-8-14(9-7-12)18(19)20/h6-9,13,15H,2-5,10-11,16H2,1H3. The number of nitro benzene ring substituents is 1.